The molecule has 4 rings (SSSR count). The van der Waals surface area contributed by atoms with Crippen LogP contribution in [0.4, 0.5) is 11.4 Å². The number of esters is 1. The van der Waals surface area contributed by atoms with Gasteiger partial charge in [-0.05, 0) is 49.4 Å². The number of ether oxygens (including phenoxy) is 1. The van der Waals surface area contributed by atoms with Crippen LogP contribution in [0.3, 0.4) is 0 Å². The first kappa shape index (κ1) is 19.8. The molecule has 0 bridgehead atoms. The van der Waals surface area contributed by atoms with E-state index >= 15 is 0 Å². The van der Waals surface area contributed by atoms with Crippen molar-refractivity contribution < 1.29 is 24.0 Å². The number of nitro groups is 1. The van der Waals surface area contributed by atoms with Gasteiger partial charge in [0.2, 0.25) is 11.8 Å². The molecule has 2 aromatic rings. The number of anilines is 1. The zero-order valence-corrected chi connectivity index (χ0v) is 16.3. The average molecular weight is 408 g/mol. The van der Waals surface area contributed by atoms with Crippen LogP contribution in [0.25, 0.3) is 0 Å². The van der Waals surface area contributed by atoms with Gasteiger partial charge in [0, 0.05) is 18.2 Å². The van der Waals surface area contributed by atoms with E-state index in [0.29, 0.717) is 24.4 Å². The van der Waals surface area contributed by atoms with E-state index in [9.17, 15) is 24.5 Å². The molecule has 0 N–H and O–H groups in total. The SMILES string of the molecule is C[C@@H]1CC[C@@H]2C(=O)N(c3cccc(OC(=O)c4ccc([N+](=O)[O-])cc4)c3)C(=O)[C@@H]2C1. The molecule has 3 atom stereocenters. The van der Waals surface area contributed by atoms with Crippen LogP contribution in [-0.2, 0) is 9.59 Å². The highest BCUT2D eigenvalue weighted by Gasteiger charge is 2.50. The summed E-state index contributed by atoms with van der Waals surface area (Å²) in [7, 11) is 0. The second kappa shape index (κ2) is 7.70. The van der Waals surface area contributed by atoms with Gasteiger partial charge in [0.15, 0.2) is 0 Å². The van der Waals surface area contributed by atoms with Gasteiger partial charge < -0.3 is 4.74 Å². The zero-order chi connectivity index (χ0) is 21.4. The van der Waals surface area contributed by atoms with E-state index in [1.165, 1.54) is 35.2 Å². The van der Waals surface area contributed by atoms with E-state index in [1.54, 1.807) is 18.2 Å². The summed E-state index contributed by atoms with van der Waals surface area (Å²) in [6.07, 6.45) is 2.35. The molecule has 0 radical (unpaired) electrons. The number of rotatable bonds is 4. The second-order valence-corrected chi connectivity index (χ2v) is 7.83. The third kappa shape index (κ3) is 3.56. The first-order valence-electron chi connectivity index (χ1n) is 9.79. The van der Waals surface area contributed by atoms with Crippen LogP contribution in [0, 0.1) is 27.9 Å². The monoisotopic (exact) mass is 408 g/mol. The minimum atomic E-state index is -0.691. The maximum Gasteiger partial charge on any atom is 0.343 e. The predicted octanol–water partition coefficient (Wildman–Crippen LogP) is 3.74. The minimum absolute atomic E-state index is 0.129. The Labute approximate surface area is 172 Å². The lowest BCUT2D eigenvalue weighted by atomic mass is 9.76. The number of nitrogens with zero attached hydrogens (tertiary/aromatic N) is 2. The molecule has 2 aromatic carbocycles. The molecule has 2 fully saturated rings. The lowest BCUT2D eigenvalue weighted by molar-refractivity contribution is -0.384. The molecule has 30 heavy (non-hydrogen) atoms. The summed E-state index contributed by atoms with van der Waals surface area (Å²) >= 11 is 0. The van der Waals surface area contributed by atoms with Crippen molar-refractivity contribution in [2.24, 2.45) is 17.8 Å². The van der Waals surface area contributed by atoms with Crippen LogP contribution in [0.5, 0.6) is 5.75 Å². The molecule has 1 saturated carbocycles. The Morgan fingerprint density at radius 3 is 2.47 bits per heavy atom. The number of imide groups is 1. The van der Waals surface area contributed by atoms with E-state index < -0.39 is 10.9 Å². The van der Waals surface area contributed by atoms with Gasteiger partial charge in [-0.1, -0.05) is 13.0 Å². The molecular formula is C22H20N2O6. The Morgan fingerprint density at radius 2 is 1.77 bits per heavy atom. The average Bonchev–Trinajstić information content (AvgIpc) is 2.98. The molecule has 8 nitrogen and oxygen atoms in total. The summed E-state index contributed by atoms with van der Waals surface area (Å²) in [4.78, 5) is 49.5. The van der Waals surface area contributed by atoms with Crippen molar-refractivity contribution in [2.75, 3.05) is 4.90 Å². The molecule has 1 aliphatic carbocycles. The fourth-order valence-electron chi connectivity index (χ4n) is 4.22. The zero-order valence-electron chi connectivity index (χ0n) is 16.3. The maximum atomic E-state index is 12.9. The number of nitro benzene ring substituents is 1. The molecule has 0 spiro atoms. The molecule has 154 valence electrons. The number of hydrogen-bond donors (Lipinski definition) is 0. The largest absolute Gasteiger partial charge is 0.423 e. The number of non-ortho nitro benzene ring substituents is 1. The quantitative estimate of drug-likeness (QED) is 0.251. The molecule has 1 saturated heterocycles. The summed E-state index contributed by atoms with van der Waals surface area (Å²) in [5.41, 5.74) is 0.399. The molecular weight excluding hydrogens is 388 g/mol. The van der Waals surface area contributed by atoms with Crippen LogP contribution in [-0.4, -0.2) is 22.7 Å². The Kier molecular flexibility index (Phi) is 5.07. The lowest BCUT2D eigenvalue weighted by Gasteiger charge is -2.25. The lowest BCUT2D eigenvalue weighted by Crippen LogP contribution is -2.30. The maximum absolute atomic E-state index is 12.9. The highest BCUT2D eigenvalue weighted by Crippen LogP contribution is 2.42. The van der Waals surface area contributed by atoms with Crippen LogP contribution in [0.1, 0.15) is 36.5 Å². The van der Waals surface area contributed by atoms with E-state index in [0.717, 1.165) is 6.42 Å². The number of fused-ring (bicyclic) bond motifs is 1. The summed E-state index contributed by atoms with van der Waals surface area (Å²) in [6.45, 7) is 2.09. The van der Waals surface area contributed by atoms with Crippen molar-refractivity contribution in [1.82, 2.24) is 0 Å². The number of amides is 2. The van der Waals surface area contributed by atoms with Crippen LogP contribution >= 0.6 is 0 Å². The van der Waals surface area contributed by atoms with Crippen molar-refractivity contribution in [3.63, 3.8) is 0 Å². The normalized spacial score (nSPS) is 23.2. The number of benzene rings is 2. The number of hydrogen-bond acceptors (Lipinski definition) is 6. The van der Waals surface area contributed by atoms with Gasteiger partial charge in [0.05, 0.1) is 28.0 Å². The van der Waals surface area contributed by atoms with Crippen molar-refractivity contribution in [2.45, 2.75) is 26.2 Å². The van der Waals surface area contributed by atoms with Crippen LogP contribution in [0.2, 0.25) is 0 Å². The van der Waals surface area contributed by atoms with E-state index in [2.05, 4.69) is 6.92 Å². The minimum Gasteiger partial charge on any atom is -0.423 e. The van der Waals surface area contributed by atoms with Gasteiger partial charge in [-0.15, -0.1) is 0 Å². The van der Waals surface area contributed by atoms with Gasteiger partial charge in [-0.25, -0.2) is 9.69 Å². The third-order valence-electron chi connectivity index (χ3n) is 5.79. The molecule has 2 aliphatic rings. The third-order valence-corrected chi connectivity index (χ3v) is 5.79. The van der Waals surface area contributed by atoms with Crippen LogP contribution in [0.15, 0.2) is 48.5 Å². The first-order chi connectivity index (χ1) is 14.3. The smallest absolute Gasteiger partial charge is 0.343 e. The van der Waals surface area contributed by atoms with Crippen molar-refractivity contribution >= 4 is 29.2 Å². The molecule has 1 aliphatic heterocycles. The molecule has 8 heteroatoms. The molecule has 0 unspecified atom stereocenters. The highest BCUT2D eigenvalue weighted by atomic mass is 16.6. The standard InChI is InChI=1S/C22H20N2O6/c1-13-5-10-18-19(11-13)21(26)23(20(18)25)16-3-2-4-17(12-16)30-22(27)14-6-8-15(9-7-14)24(28)29/h2-4,6-9,12-13,18-19H,5,10-11H2,1H3/t13-,18+,19-/m1/s1. The Morgan fingerprint density at radius 1 is 1.07 bits per heavy atom. The van der Waals surface area contributed by atoms with Crippen LogP contribution < -0.4 is 9.64 Å². The molecule has 2 amide bonds. The van der Waals surface area contributed by atoms with Gasteiger partial charge in [-0.2, -0.15) is 0 Å². The second-order valence-electron chi connectivity index (χ2n) is 7.83. The predicted molar refractivity (Wildman–Crippen MR) is 107 cm³/mol. The number of carbonyl (C=O) groups is 3. The van der Waals surface area contributed by atoms with E-state index in [-0.39, 0.29) is 40.7 Å². The summed E-state index contributed by atoms with van der Waals surface area (Å²) in [6, 6.07) is 11.3. The first-order valence-corrected chi connectivity index (χ1v) is 9.79. The van der Waals surface area contributed by atoms with Gasteiger partial charge in [0.1, 0.15) is 5.75 Å². The topological polar surface area (TPSA) is 107 Å². The van der Waals surface area contributed by atoms with Gasteiger partial charge >= 0.3 is 5.97 Å². The fraction of sp³-hybridized carbons (Fsp3) is 0.318. The summed E-state index contributed by atoms with van der Waals surface area (Å²) < 4.78 is 5.35. The Bertz CT molecular complexity index is 1030. The number of carbonyl (C=O) groups excluding carboxylic acids is 3. The Hall–Kier alpha value is -3.55. The molecule has 1 heterocycles. The highest BCUT2D eigenvalue weighted by molar-refractivity contribution is 6.22. The van der Waals surface area contributed by atoms with Crippen molar-refractivity contribution in [3.8, 4) is 5.75 Å². The van der Waals surface area contributed by atoms with Crippen molar-refractivity contribution in [1.29, 1.82) is 0 Å². The Balaban J connectivity index is 1.53. The fourth-order valence-corrected chi connectivity index (χ4v) is 4.22. The summed E-state index contributed by atoms with van der Waals surface area (Å²) in [5, 5.41) is 10.7. The van der Waals surface area contributed by atoms with Gasteiger partial charge in [0.25, 0.3) is 5.69 Å². The van der Waals surface area contributed by atoms with E-state index in [1.807, 2.05) is 0 Å². The molecule has 0 aromatic heterocycles. The van der Waals surface area contributed by atoms with Gasteiger partial charge in [-0.3, -0.25) is 19.7 Å². The summed E-state index contributed by atoms with van der Waals surface area (Å²) in [5.74, 6) is -1.06. The van der Waals surface area contributed by atoms with Crippen molar-refractivity contribution in [3.05, 3.63) is 64.2 Å². The van der Waals surface area contributed by atoms with E-state index in [4.69, 9.17) is 4.74 Å².